The van der Waals surface area contributed by atoms with Crippen molar-refractivity contribution in [3.8, 4) is 0 Å². The van der Waals surface area contributed by atoms with E-state index in [1.165, 1.54) is 0 Å². The van der Waals surface area contributed by atoms with Crippen molar-refractivity contribution in [1.29, 1.82) is 0 Å². The molecular formula is C22H32N2O4S2. The molecule has 0 radical (unpaired) electrons. The first-order valence-corrected chi connectivity index (χ1v) is 13.0. The summed E-state index contributed by atoms with van der Waals surface area (Å²) in [5, 5.41) is 0. The second-order valence-electron chi connectivity index (χ2n) is 8.90. The molecular weight excluding hydrogens is 420 g/mol. The maximum atomic E-state index is 12.9. The molecule has 166 valence electrons. The van der Waals surface area contributed by atoms with Crippen molar-refractivity contribution in [2.24, 2.45) is 0 Å². The molecule has 0 aliphatic heterocycles. The van der Waals surface area contributed by atoms with Crippen LogP contribution in [0, 0.1) is 6.92 Å². The highest BCUT2D eigenvalue weighted by atomic mass is 32.2. The molecule has 8 heteroatoms. The molecule has 2 aromatic carbocycles. The first-order valence-electron chi connectivity index (χ1n) is 9.88. The van der Waals surface area contributed by atoms with Crippen molar-refractivity contribution in [2.45, 2.75) is 70.2 Å². The summed E-state index contributed by atoms with van der Waals surface area (Å²) >= 11 is 0. The topological polar surface area (TPSA) is 92.3 Å². The molecule has 0 fully saturated rings. The summed E-state index contributed by atoms with van der Waals surface area (Å²) in [4.78, 5) is 0.275. The fraction of sp³-hybridized carbons (Fsp3) is 0.455. The summed E-state index contributed by atoms with van der Waals surface area (Å²) in [7, 11) is -7.08. The maximum absolute atomic E-state index is 12.9. The lowest BCUT2D eigenvalue weighted by Crippen LogP contribution is -2.31. The van der Waals surface area contributed by atoms with E-state index < -0.39 is 20.0 Å². The Morgan fingerprint density at radius 2 is 1.47 bits per heavy atom. The summed E-state index contributed by atoms with van der Waals surface area (Å²) in [5.74, 6) is -0.115. The smallest absolute Gasteiger partial charge is 0.212 e. The Labute approximate surface area is 181 Å². The Balaban J connectivity index is 2.12. The van der Waals surface area contributed by atoms with Crippen LogP contribution in [0.15, 0.2) is 47.4 Å². The molecule has 0 saturated carbocycles. The Morgan fingerprint density at radius 1 is 0.900 bits per heavy atom. The van der Waals surface area contributed by atoms with Crippen molar-refractivity contribution in [3.63, 3.8) is 0 Å². The fourth-order valence-corrected chi connectivity index (χ4v) is 5.70. The molecule has 0 atom stereocenters. The van der Waals surface area contributed by atoms with Crippen molar-refractivity contribution in [2.75, 3.05) is 0 Å². The molecule has 0 amide bonds. The molecule has 0 bridgehead atoms. The number of sulfonamides is 2. The fourth-order valence-electron chi connectivity index (χ4n) is 2.99. The predicted molar refractivity (Wildman–Crippen MR) is 121 cm³/mol. The van der Waals surface area contributed by atoms with Crippen molar-refractivity contribution in [1.82, 2.24) is 9.44 Å². The van der Waals surface area contributed by atoms with E-state index in [1.54, 1.807) is 51.1 Å². The summed E-state index contributed by atoms with van der Waals surface area (Å²) in [6.07, 6.45) is 0. The molecule has 0 spiro atoms. The number of aryl methyl sites for hydroxylation is 1. The van der Waals surface area contributed by atoms with Crippen molar-refractivity contribution < 1.29 is 16.8 Å². The first-order chi connectivity index (χ1) is 13.7. The van der Waals surface area contributed by atoms with Crippen LogP contribution in [0.1, 0.15) is 56.9 Å². The minimum Gasteiger partial charge on any atom is -0.212 e. The molecule has 0 unspecified atom stereocenters. The monoisotopic (exact) mass is 452 g/mol. The molecule has 0 aliphatic carbocycles. The van der Waals surface area contributed by atoms with Crippen molar-refractivity contribution in [3.05, 3.63) is 64.7 Å². The molecule has 6 nitrogen and oxygen atoms in total. The van der Waals surface area contributed by atoms with E-state index in [-0.39, 0.29) is 28.6 Å². The number of nitrogens with one attached hydrogen (secondary N) is 2. The highest BCUT2D eigenvalue weighted by molar-refractivity contribution is 7.89. The molecule has 0 aromatic heterocycles. The van der Waals surface area contributed by atoms with Crippen LogP contribution in [0.2, 0.25) is 0 Å². The largest absolute Gasteiger partial charge is 0.241 e. The minimum absolute atomic E-state index is 0.115. The normalized spacial score (nSPS) is 13.0. The lowest BCUT2D eigenvalue weighted by Gasteiger charge is -2.21. The Morgan fingerprint density at radius 3 is 2.00 bits per heavy atom. The molecule has 0 heterocycles. The third-order valence-corrected chi connectivity index (χ3v) is 7.69. The zero-order valence-corrected chi connectivity index (χ0v) is 20.1. The third-order valence-electron chi connectivity index (χ3n) is 4.60. The van der Waals surface area contributed by atoms with E-state index in [0.29, 0.717) is 11.1 Å². The predicted octanol–water partition coefficient (Wildman–Crippen LogP) is 3.60. The second kappa shape index (κ2) is 9.18. The first kappa shape index (κ1) is 24.5. The van der Waals surface area contributed by atoms with E-state index in [9.17, 15) is 16.8 Å². The van der Waals surface area contributed by atoms with Gasteiger partial charge < -0.3 is 0 Å². The van der Waals surface area contributed by atoms with Crippen molar-refractivity contribution >= 4 is 20.0 Å². The summed E-state index contributed by atoms with van der Waals surface area (Å²) < 4.78 is 55.0. The highest BCUT2D eigenvalue weighted by Crippen LogP contribution is 2.26. The summed E-state index contributed by atoms with van der Waals surface area (Å²) in [6.45, 7) is 11.6. The Bertz CT molecular complexity index is 1080. The lowest BCUT2D eigenvalue weighted by molar-refractivity contribution is 0.568. The van der Waals surface area contributed by atoms with Gasteiger partial charge in [-0.05, 0) is 54.5 Å². The minimum atomic E-state index is -3.68. The van der Waals surface area contributed by atoms with Gasteiger partial charge in [-0.1, -0.05) is 57.2 Å². The van der Waals surface area contributed by atoms with Crippen LogP contribution in [0.5, 0.6) is 0 Å². The number of benzene rings is 2. The van der Waals surface area contributed by atoms with Gasteiger partial charge >= 0.3 is 0 Å². The molecule has 30 heavy (non-hydrogen) atoms. The lowest BCUT2D eigenvalue weighted by atomic mass is 9.87. The van der Waals surface area contributed by atoms with E-state index in [0.717, 1.165) is 11.1 Å². The van der Waals surface area contributed by atoms with Crippen LogP contribution in [0.4, 0.5) is 0 Å². The Kier molecular flexibility index (Phi) is 7.50. The molecule has 2 N–H and O–H groups in total. The van der Waals surface area contributed by atoms with Gasteiger partial charge in [-0.25, -0.2) is 26.3 Å². The van der Waals surface area contributed by atoms with Crippen LogP contribution >= 0.6 is 0 Å². The molecule has 0 saturated heterocycles. The zero-order chi connectivity index (χ0) is 22.7. The van der Waals surface area contributed by atoms with E-state index in [2.05, 4.69) is 9.44 Å². The van der Waals surface area contributed by atoms with E-state index >= 15 is 0 Å². The standard InChI is InChI=1S/C22H32N2O4S2/c1-16(2)24-29(25,26)15-19-10-8-18(9-11-19)14-23-30(27,28)21-13-20(22(4,5)6)12-7-17(21)3/h7-13,16,23-24H,14-15H2,1-6H3. The number of rotatable bonds is 8. The van der Waals surface area contributed by atoms with Gasteiger partial charge in [0.05, 0.1) is 10.6 Å². The van der Waals surface area contributed by atoms with Crippen LogP contribution < -0.4 is 9.44 Å². The van der Waals surface area contributed by atoms with Gasteiger partial charge in [0.2, 0.25) is 20.0 Å². The van der Waals surface area contributed by atoms with Crippen LogP contribution in [-0.4, -0.2) is 22.9 Å². The molecule has 2 rings (SSSR count). The average Bonchev–Trinajstić information content (AvgIpc) is 2.59. The van der Waals surface area contributed by atoms with Gasteiger partial charge in [0, 0.05) is 12.6 Å². The number of hydrogen-bond donors (Lipinski definition) is 2. The maximum Gasteiger partial charge on any atom is 0.241 e. The molecule has 2 aromatic rings. The Hall–Kier alpha value is -1.74. The third kappa shape index (κ3) is 6.91. The summed E-state index contributed by atoms with van der Waals surface area (Å²) in [6, 6.07) is 12.2. The second-order valence-corrected chi connectivity index (χ2v) is 12.4. The number of hydrogen-bond acceptors (Lipinski definition) is 4. The van der Waals surface area contributed by atoms with E-state index in [1.807, 2.05) is 32.9 Å². The van der Waals surface area contributed by atoms with Gasteiger partial charge in [-0.3, -0.25) is 0 Å². The quantitative estimate of drug-likeness (QED) is 0.640. The zero-order valence-electron chi connectivity index (χ0n) is 18.5. The highest BCUT2D eigenvalue weighted by Gasteiger charge is 2.21. The van der Waals surface area contributed by atoms with Gasteiger partial charge in [-0.2, -0.15) is 0 Å². The van der Waals surface area contributed by atoms with Crippen LogP contribution in [0.3, 0.4) is 0 Å². The summed E-state index contributed by atoms with van der Waals surface area (Å²) in [5.41, 5.74) is 2.88. The van der Waals surface area contributed by atoms with Gasteiger partial charge in [0.25, 0.3) is 0 Å². The van der Waals surface area contributed by atoms with E-state index in [4.69, 9.17) is 0 Å². The van der Waals surface area contributed by atoms with Crippen LogP contribution in [-0.2, 0) is 37.8 Å². The van der Waals surface area contributed by atoms with Gasteiger partial charge in [-0.15, -0.1) is 0 Å². The SMILES string of the molecule is Cc1ccc(C(C)(C)C)cc1S(=O)(=O)NCc1ccc(CS(=O)(=O)NC(C)C)cc1. The van der Waals surface area contributed by atoms with Crippen LogP contribution in [0.25, 0.3) is 0 Å². The molecule has 0 aliphatic rings. The average molecular weight is 453 g/mol. The van der Waals surface area contributed by atoms with Gasteiger partial charge in [0.15, 0.2) is 0 Å². The van der Waals surface area contributed by atoms with Gasteiger partial charge in [0.1, 0.15) is 0 Å².